The van der Waals surface area contributed by atoms with Gasteiger partial charge in [0.2, 0.25) is 11.9 Å². The summed E-state index contributed by atoms with van der Waals surface area (Å²) in [5.41, 5.74) is 0.601. The van der Waals surface area contributed by atoms with Crippen molar-refractivity contribution in [1.82, 2.24) is 5.32 Å². The number of carbonyl (C=O) groups is 3. The summed E-state index contributed by atoms with van der Waals surface area (Å²) in [5.74, 6) is -0.511. The van der Waals surface area contributed by atoms with Gasteiger partial charge in [0, 0.05) is 23.7 Å². The maximum absolute atomic E-state index is 13.0. The quantitative estimate of drug-likeness (QED) is 0.218. The standard InChI is InChI=1S/C23H28N4O6S/c1-4-5-7-12-20(28)24-19-15-17(34(31)16-10-8-6-9-11-16)13-14-18(19)25-21(26-22(29)32-2)27-23(30)33-3/h6,8-11,13-15H,4-5,7,12H2,1-3H3,(H,24,28)(H2,25,26,27,29,30). The van der Waals surface area contributed by atoms with Gasteiger partial charge in [-0.05, 0) is 30.7 Å². The van der Waals surface area contributed by atoms with Crippen LogP contribution in [-0.4, -0.2) is 42.8 Å². The lowest BCUT2D eigenvalue weighted by Crippen LogP contribution is -2.36. The third kappa shape index (κ3) is 8.41. The van der Waals surface area contributed by atoms with Gasteiger partial charge in [0.25, 0.3) is 0 Å². The van der Waals surface area contributed by atoms with Crippen LogP contribution in [0.25, 0.3) is 0 Å². The zero-order chi connectivity index (χ0) is 24.9. The van der Waals surface area contributed by atoms with Gasteiger partial charge in [0.1, 0.15) is 0 Å². The van der Waals surface area contributed by atoms with E-state index < -0.39 is 23.4 Å². The van der Waals surface area contributed by atoms with Crippen molar-refractivity contribution in [1.29, 1.82) is 0 Å². The van der Waals surface area contributed by atoms with Crippen molar-refractivity contribution in [3.63, 3.8) is 0 Å². The number of aliphatic imine (C=N–C) groups is 1. The van der Waals surface area contributed by atoms with Crippen molar-refractivity contribution < 1.29 is 28.4 Å². The van der Waals surface area contributed by atoms with Crippen molar-refractivity contribution in [3.8, 4) is 0 Å². The Morgan fingerprint density at radius 2 is 1.68 bits per heavy atom. The molecule has 2 aromatic carbocycles. The topological polar surface area (TPSA) is 141 Å². The second-order valence-electron chi connectivity index (χ2n) is 6.97. The predicted molar refractivity (Wildman–Crippen MR) is 129 cm³/mol. The van der Waals surface area contributed by atoms with E-state index in [-0.39, 0.29) is 11.9 Å². The van der Waals surface area contributed by atoms with Crippen LogP contribution < -0.4 is 16.0 Å². The SMILES string of the molecule is CCCCCC(=O)Nc1cc([S+]([O-])c2ccccc2)ccc1NC(=NC(=O)OC)NC(=O)OC. The first-order valence-electron chi connectivity index (χ1n) is 10.6. The van der Waals surface area contributed by atoms with Crippen LogP contribution in [-0.2, 0) is 25.4 Å². The Morgan fingerprint density at radius 3 is 2.32 bits per heavy atom. The number of benzene rings is 2. The van der Waals surface area contributed by atoms with E-state index in [0.29, 0.717) is 27.6 Å². The molecule has 2 rings (SSSR count). The number of hydrogen-bond acceptors (Lipinski definition) is 6. The predicted octanol–water partition coefficient (Wildman–Crippen LogP) is 4.26. The van der Waals surface area contributed by atoms with Gasteiger partial charge in [0.15, 0.2) is 9.79 Å². The normalized spacial score (nSPS) is 11.8. The summed E-state index contributed by atoms with van der Waals surface area (Å²) in [6, 6.07) is 13.6. The van der Waals surface area contributed by atoms with E-state index in [4.69, 9.17) is 0 Å². The summed E-state index contributed by atoms with van der Waals surface area (Å²) < 4.78 is 22.1. The number of rotatable bonds is 8. The van der Waals surface area contributed by atoms with Crippen molar-refractivity contribution in [2.45, 2.75) is 42.4 Å². The van der Waals surface area contributed by atoms with Crippen LogP contribution in [0.4, 0.5) is 21.0 Å². The van der Waals surface area contributed by atoms with Gasteiger partial charge in [0.05, 0.1) is 25.6 Å². The molecule has 0 fully saturated rings. The molecule has 0 aromatic heterocycles. The minimum atomic E-state index is -1.49. The molecule has 0 radical (unpaired) electrons. The highest BCUT2D eigenvalue weighted by atomic mass is 32.2. The first kappa shape index (κ1) is 26.7. The van der Waals surface area contributed by atoms with Crippen molar-refractivity contribution in [2.24, 2.45) is 4.99 Å². The van der Waals surface area contributed by atoms with E-state index >= 15 is 0 Å². The second-order valence-corrected chi connectivity index (χ2v) is 8.45. The fraction of sp³-hybridized carbons (Fsp3) is 0.304. The average molecular weight is 489 g/mol. The zero-order valence-electron chi connectivity index (χ0n) is 19.3. The molecule has 2 aromatic rings. The number of nitrogens with zero attached hydrogens (tertiary/aromatic N) is 1. The lowest BCUT2D eigenvalue weighted by atomic mass is 10.2. The third-order valence-corrected chi connectivity index (χ3v) is 5.86. The van der Waals surface area contributed by atoms with Crippen molar-refractivity contribution >= 4 is 46.6 Å². The summed E-state index contributed by atoms with van der Waals surface area (Å²) >= 11 is -1.49. The maximum atomic E-state index is 13.0. The molecule has 1 unspecified atom stereocenters. The summed E-state index contributed by atoms with van der Waals surface area (Å²) in [6.07, 6.45) is 1.07. The van der Waals surface area contributed by atoms with E-state index in [2.05, 4.69) is 30.4 Å². The van der Waals surface area contributed by atoms with Gasteiger partial charge in [-0.1, -0.05) is 38.0 Å². The Labute approximate surface area is 201 Å². The van der Waals surface area contributed by atoms with Gasteiger partial charge in [-0.25, -0.2) is 9.59 Å². The molecule has 0 bridgehead atoms. The number of ether oxygens (including phenoxy) is 2. The summed E-state index contributed by atoms with van der Waals surface area (Å²) in [5, 5.41) is 7.86. The number of carbonyl (C=O) groups excluding carboxylic acids is 3. The van der Waals surface area contributed by atoms with Gasteiger partial charge < -0.3 is 24.7 Å². The smallest absolute Gasteiger partial charge is 0.436 e. The Bertz CT molecular complexity index is 1020. The molecule has 3 N–H and O–H groups in total. The number of guanidine groups is 1. The van der Waals surface area contributed by atoms with Gasteiger partial charge >= 0.3 is 12.2 Å². The molecule has 1 atom stereocenters. The first-order chi connectivity index (χ1) is 16.4. The highest BCUT2D eigenvalue weighted by Crippen LogP contribution is 2.29. The lowest BCUT2D eigenvalue weighted by molar-refractivity contribution is -0.116. The Kier molecular flexibility index (Phi) is 10.9. The van der Waals surface area contributed by atoms with Crippen molar-refractivity contribution in [3.05, 3.63) is 48.5 Å². The highest BCUT2D eigenvalue weighted by molar-refractivity contribution is 7.91. The van der Waals surface area contributed by atoms with E-state index in [1.165, 1.54) is 0 Å². The average Bonchev–Trinajstić information content (AvgIpc) is 2.85. The van der Waals surface area contributed by atoms with Crippen LogP contribution in [0.5, 0.6) is 0 Å². The summed E-state index contributed by atoms with van der Waals surface area (Å²) in [7, 11) is 2.29. The number of hydrogen-bond donors (Lipinski definition) is 3. The highest BCUT2D eigenvalue weighted by Gasteiger charge is 2.19. The van der Waals surface area contributed by atoms with Gasteiger partial charge in [-0.2, -0.15) is 0 Å². The van der Waals surface area contributed by atoms with Crippen LogP contribution in [0.2, 0.25) is 0 Å². The zero-order valence-corrected chi connectivity index (χ0v) is 20.1. The molecule has 10 nitrogen and oxygen atoms in total. The van der Waals surface area contributed by atoms with E-state index in [9.17, 15) is 18.9 Å². The first-order valence-corrected chi connectivity index (χ1v) is 11.7. The van der Waals surface area contributed by atoms with Crippen LogP contribution in [0.1, 0.15) is 32.6 Å². The van der Waals surface area contributed by atoms with Gasteiger partial charge in [-0.3, -0.25) is 10.1 Å². The fourth-order valence-corrected chi connectivity index (χ4v) is 3.87. The number of amides is 3. The lowest BCUT2D eigenvalue weighted by Gasteiger charge is -2.17. The Hall–Kier alpha value is -3.57. The van der Waals surface area contributed by atoms with Crippen LogP contribution in [0.3, 0.4) is 0 Å². The molecule has 0 heterocycles. The van der Waals surface area contributed by atoms with Crippen molar-refractivity contribution in [2.75, 3.05) is 24.9 Å². The molecular weight excluding hydrogens is 460 g/mol. The number of anilines is 2. The van der Waals surface area contributed by atoms with Crippen LogP contribution in [0, 0.1) is 0 Å². The molecule has 0 saturated carbocycles. The van der Waals surface area contributed by atoms with Crippen LogP contribution in [0.15, 0.2) is 63.3 Å². The maximum Gasteiger partial charge on any atom is 0.436 e. The summed E-state index contributed by atoms with van der Waals surface area (Å²) in [6.45, 7) is 2.04. The van der Waals surface area contributed by atoms with E-state index in [1.54, 1.807) is 42.5 Å². The third-order valence-electron chi connectivity index (χ3n) is 4.48. The number of alkyl carbamates (subject to hydrolysis) is 1. The molecule has 0 aliphatic heterocycles. The molecule has 11 heteroatoms. The molecule has 182 valence electrons. The van der Waals surface area contributed by atoms with E-state index in [0.717, 1.165) is 33.5 Å². The molecule has 0 spiro atoms. The number of unbranched alkanes of at least 4 members (excludes halogenated alkanes) is 2. The molecular formula is C23H28N4O6S. The van der Waals surface area contributed by atoms with Crippen LogP contribution >= 0.6 is 0 Å². The fourth-order valence-electron chi connectivity index (χ4n) is 2.78. The summed E-state index contributed by atoms with van der Waals surface area (Å²) in [4.78, 5) is 40.5. The Morgan fingerprint density at radius 1 is 0.941 bits per heavy atom. The monoisotopic (exact) mass is 488 g/mol. The molecule has 3 amide bonds. The minimum absolute atomic E-state index is 0.230. The Balaban J connectivity index is 2.39. The van der Waals surface area contributed by atoms with Gasteiger partial charge in [-0.15, -0.1) is 4.99 Å². The minimum Gasteiger partial charge on any atom is -0.606 e. The number of nitrogens with one attached hydrogen (secondary N) is 3. The van der Waals surface area contributed by atoms with E-state index in [1.807, 2.05) is 13.0 Å². The second kappa shape index (κ2) is 13.9. The molecule has 0 aliphatic rings. The molecule has 0 saturated heterocycles. The molecule has 34 heavy (non-hydrogen) atoms. The molecule has 0 aliphatic carbocycles. The largest absolute Gasteiger partial charge is 0.606 e. The number of methoxy groups -OCH3 is 2.